The molecule has 2 aromatic heterocycles. The highest BCUT2D eigenvalue weighted by atomic mass is 32.2. The second kappa shape index (κ2) is 7.98. The molecule has 1 amide bonds. The molecule has 7 heteroatoms. The van der Waals surface area contributed by atoms with Gasteiger partial charge in [0, 0.05) is 36.7 Å². The Labute approximate surface area is 168 Å². The first-order valence-corrected chi connectivity index (χ1v) is 10.1. The topological polar surface area (TPSA) is 63.9 Å². The number of para-hydroxylation sites is 1. The van der Waals surface area contributed by atoms with E-state index in [1.807, 2.05) is 46.7 Å². The fourth-order valence-electron chi connectivity index (χ4n) is 3.37. The van der Waals surface area contributed by atoms with Gasteiger partial charge in [-0.25, -0.2) is 0 Å². The summed E-state index contributed by atoms with van der Waals surface area (Å²) in [4.78, 5) is 19.1. The van der Waals surface area contributed by atoms with Gasteiger partial charge < -0.3 is 4.90 Å². The first kappa shape index (κ1) is 18.4. The molecule has 0 radical (unpaired) electrons. The normalized spacial score (nSPS) is 14.0. The van der Waals surface area contributed by atoms with Crippen LogP contribution in [0, 0.1) is 0 Å². The van der Waals surface area contributed by atoms with Gasteiger partial charge in [0.2, 0.25) is 5.91 Å². The van der Waals surface area contributed by atoms with Crippen LogP contribution in [-0.4, -0.2) is 37.5 Å². The molecule has 28 heavy (non-hydrogen) atoms. The van der Waals surface area contributed by atoms with Crippen molar-refractivity contribution >= 4 is 23.4 Å². The van der Waals surface area contributed by atoms with Gasteiger partial charge in [-0.05, 0) is 37.1 Å². The number of allylic oxidation sites excluding steroid dienone is 1. The van der Waals surface area contributed by atoms with E-state index < -0.39 is 0 Å². The van der Waals surface area contributed by atoms with Crippen LogP contribution in [0.4, 0.5) is 5.69 Å². The molecule has 1 aliphatic rings. The maximum absolute atomic E-state index is 13.1. The van der Waals surface area contributed by atoms with Gasteiger partial charge in [0.15, 0.2) is 11.0 Å². The number of benzene rings is 1. The van der Waals surface area contributed by atoms with Crippen LogP contribution in [0.5, 0.6) is 0 Å². The van der Waals surface area contributed by atoms with Gasteiger partial charge in [0.1, 0.15) is 0 Å². The number of anilines is 1. The second-order valence-corrected chi connectivity index (χ2v) is 7.88. The van der Waals surface area contributed by atoms with E-state index in [0.717, 1.165) is 30.0 Å². The number of nitrogens with zero attached hydrogens (tertiary/aromatic N) is 5. The molecule has 3 heterocycles. The number of pyridine rings is 1. The average Bonchev–Trinajstić information content (AvgIpc) is 3.33. The Morgan fingerprint density at radius 1 is 1.29 bits per heavy atom. The van der Waals surface area contributed by atoms with E-state index in [-0.39, 0.29) is 11.2 Å². The molecular weight excluding hydrogens is 370 g/mol. The fraction of sp³-hybridized carbons (Fsp3) is 0.238. The zero-order valence-electron chi connectivity index (χ0n) is 15.7. The maximum atomic E-state index is 13.1. The van der Waals surface area contributed by atoms with E-state index in [0.29, 0.717) is 11.7 Å². The zero-order valence-corrected chi connectivity index (χ0v) is 16.5. The zero-order chi connectivity index (χ0) is 19.5. The largest absolute Gasteiger partial charge is 0.311 e. The third-order valence-electron chi connectivity index (χ3n) is 4.73. The SMILES string of the molecule is C=CCn1c(S[C@@H](C)C(=O)N2CCc3ccccc32)nnc1-c1cccnc1. The van der Waals surface area contributed by atoms with Crippen LogP contribution in [0.2, 0.25) is 0 Å². The van der Waals surface area contributed by atoms with Crippen molar-refractivity contribution in [3.63, 3.8) is 0 Å². The van der Waals surface area contributed by atoms with E-state index in [2.05, 4.69) is 27.8 Å². The van der Waals surface area contributed by atoms with Crippen LogP contribution in [0.1, 0.15) is 12.5 Å². The van der Waals surface area contributed by atoms with Gasteiger partial charge >= 0.3 is 0 Å². The highest BCUT2D eigenvalue weighted by Crippen LogP contribution is 2.32. The predicted octanol–water partition coefficient (Wildman–Crippen LogP) is 3.60. The molecule has 0 saturated heterocycles. The Morgan fingerprint density at radius 3 is 2.93 bits per heavy atom. The van der Waals surface area contributed by atoms with Crippen molar-refractivity contribution in [3.05, 3.63) is 67.0 Å². The van der Waals surface area contributed by atoms with E-state index in [4.69, 9.17) is 0 Å². The molecule has 4 rings (SSSR count). The Morgan fingerprint density at radius 2 is 2.14 bits per heavy atom. The lowest BCUT2D eigenvalue weighted by atomic mass is 10.2. The molecule has 0 fully saturated rings. The quantitative estimate of drug-likeness (QED) is 0.475. The molecule has 0 aliphatic carbocycles. The van der Waals surface area contributed by atoms with Gasteiger partial charge in [-0.1, -0.05) is 36.0 Å². The number of rotatable bonds is 6. The molecule has 0 unspecified atom stereocenters. The third-order valence-corrected chi connectivity index (χ3v) is 5.80. The van der Waals surface area contributed by atoms with Crippen molar-refractivity contribution < 1.29 is 4.79 Å². The van der Waals surface area contributed by atoms with Crippen molar-refractivity contribution in [2.45, 2.75) is 30.3 Å². The minimum atomic E-state index is -0.277. The smallest absolute Gasteiger partial charge is 0.240 e. The Hall–Kier alpha value is -2.93. The number of amides is 1. The first-order valence-electron chi connectivity index (χ1n) is 9.19. The summed E-state index contributed by atoms with van der Waals surface area (Å²) in [6.07, 6.45) is 6.18. The van der Waals surface area contributed by atoms with Crippen LogP contribution in [0.3, 0.4) is 0 Å². The summed E-state index contributed by atoms with van der Waals surface area (Å²) < 4.78 is 1.97. The van der Waals surface area contributed by atoms with E-state index in [1.54, 1.807) is 18.5 Å². The summed E-state index contributed by atoms with van der Waals surface area (Å²) in [6, 6.07) is 11.9. The summed E-state index contributed by atoms with van der Waals surface area (Å²) in [5.74, 6) is 0.813. The number of carbonyl (C=O) groups is 1. The van der Waals surface area contributed by atoms with Crippen LogP contribution in [-0.2, 0) is 17.8 Å². The Kier molecular flexibility index (Phi) is 5.25. The van der Waals surface area contributed by atoms with E-state index >= 15 is 0 Å². The van der Waals surface area contributed by atoms with Crippen molar-refractivity contribution in [1.29, 1.82) is 0 Å². The molecule has 1 atom stereocenters. The average molecular weight is 392 g/mol. The molecule has 3 aromatic rings. The van der Waals surface area contributed by atoms with Crippen molar-refractivity contribution in [2.75, 3.05) is 11.4 Å². The standard InChI is InChI=1S/C21H21N5OS/c1-3-12-26-19(17-8-6-11-22-14-17)23-24-21(26)28-15(2)20(27)25-13-10-16-7-4-5-9-18(16)25/h3-9,11,14-15H,1,10,12-13H2,2H3/t15-/m0/s1. The maximum Gasteiger partial charge on any atom is 0.240 e. The molecule has 0 bridgehead atoms. The highest BCUT2D eigenvalue weighted by molar-refractivity contribution is 8.00. The number of carbonyl (C=O) groups excluding carboxylic acids is 1. The summed E-state index contributed by atoms with van der Waals surface area (Å²) in [5, 5.41) is 9.09. The molecule has 6 nitrogen and oxygen atoms in total. The van der Waals surface area contributed by atoms with Crippen molar-refractivity contribution in [3.8, 4) is 11.4 Å². The highest BCUT2D eigenvalue weighted by Gasteiger charge is 2.29. The van der Waals surface area contributed by atoms with Crippen LogP contribution < -0.4 is 4.90 Å². The van der Waals surface area contributed by atoms with Crippen LogP contribution >= 0.6 is 11.8 Å². The number of thioether (sulfide) groups is 1. The number of hydrogen-bond acceptors (Lipinski definition) is 5. The summed E-state index contributed by atoms with van der Waals surface area (Å²) in [5.41, 5.74) is 3.13. The fourth-order valence-corrected chi connectivity index (χ4v) is 4.29. The monoisotopic (exact) mass is 391 g/mol. The van der Waals surface area contributed by atoms with E-state index in [9.17, 15) is 4.79 Å². The third kappa shape index (κ3) is 3.45. The van der Waals surface area contributed by atoms with Crippen molar-refractivity contribution in [1.82, 2.24) is 19.7 Å². The summed E-state index contributed by atoms with van der Waals surface area (Å²) >= 11 is 1.43. The van der Waals surface area contributed by atoms with Crippen LogP contribution in [0.15, 0.2) is 66.6 Å². The molecule has 1 aromatic carbocycles. The number of hydrogen-bond donors (Lipinski definition) is 0. The van der Waals surface area contributed by atoms with Crippen LogP contribution in [0.25, 0.3) is 11.4 Å². The summed E-state index contributed by atoms with van der Waals surface area (Å²) in [7, 11) is 0. The lowest BCUT2D eigenvalue weighted by molar-refractivity contribution is -0.117. The minimum absolute atomic E-state index is 0.0889. The van der Waals surface area contributed by atoms with Gasteiger partial charge in [-0.15, -0.1) is 16.8 Å². The van der Waals surface area contributed by atoms with Gasteiger partial charge in [0.25, 0.3) is 0 Å². The lowest BCUT2D eigenvalue weighted by Gasteiger charge is -2.21. The minimum Gasteiger partial charge on any atom is -0.311 e. The predicted molar refractivity (Wildman–Crippen MR) is 111 cm³/mol. The molecule has 0 saturated carbocycles. The Bertz CT molecular complexity index is 1000. The number of fused-ring (bicyclic) bond motifs is 1. The molecule has 142 valence electrons. The van der Waals surface area contributed by atoms with Gasteiger partial charge in [-0.3, -0.25) is 14.3 Å². The van der Waals surface area contributed by atoms with Crippen molar-refractivity contribution in [2.24, 2.45) is 0 Å². The Balaban J connectivity index is 1.56. The molecule has 0 N–H and O–H groups in total. The summed E-state index contributed by atoms with van der Waals surface area (Å²) in [6.45, 7) is 7.05. The van der Waals surface area contributed by atoms with E-state index in [1.165, 1.54) is 17.3 Å². The lowest BCUT2D eigenvalue weighted by Crippen LogP contribution is -2.35. The second-order valence-electron chi connectivity index (χ2n) is 6.58. The first-order chi connectivity index (χ1) is 13.7. The molecule has 0 spiro atoms. The number of aromatic nitrogens is 4. The molecular formula is C21H21N5OS. The molecule has 1 aliphatic heterocycles. The van der Waals surface area contributed by atoms with Gasteiger partial charge in [-0.2, -0.15) is 0 Å². The van der Waals surface area contributed by atoms with Gasteiger partial charge in [0.05, 0.1) is 5.25 Å².